The third-order valence-electron chi connectivity index (χ3n) is 3.19. The number of nitrogens with zero attached hydrogens (tertiary/aromatic N) is 2. The maximum atomic E-state index is 11.0. The largest absolute Gasteiger partial charge is 0.478 e. The minimum atomic E-state index is -1.31. The molecule has 102 valence electrons. The van der Waals surface area contributed by atoms with Gasteiger partial charge in [0.25, 0.3) is 0 Å². The van der Waals surface area contributed by atoms with Crippen LogP contribution in [0.4, 0.5) is 0 Å². The molecule has 0 radical (unpaired) electrons. The van der Waals surface area contributed by atoms with Crippen molar-refractivity contribution in [3.8, 4) is 0 Å². The lowest BCUT2D eigenvalue weighted by Crippen LogP contribution is -2.44. The SMILES string of the molecule is O=C(O)c1ccc2ncn(C(CO)(CO)CO)c2c1. The highest BCUT2D eigenvalue weighted by atomic mass is 16.4. The number of fused-ring (bicyclic) bond motifs is 1. The predicted molar refractivity (Wildman–Crippen MR) is 65.9 cm³/mol. The molecule has 7 heteroatoms. The van der Waals surface area contributed by atoms with E-state index >= 15 is 0 Å². The Balaban J connectivity index is 2.66. The molecule has 0 spiro atoms. The van der Waals surface area contributed by atoms with E-state index in [1.165, 1.54) is 29.1 Å². The van der Waals surface area contributed by atoms with Gasteiger partial charge in [-0.15, -0.1) is 0 Å². The van der Waals surface area contributed by atoms with Crippen molar-refractivity contribution in [3.63, 3.8) is 0 Å². The number of hydrogen-bond donors (Lipinski definition) is 4. The standard InChI is InChI=1S/C12H14N2O5/c15-4-12(5-16,6-17)14-7-13-9-2-1-8(11(18)19)3-10(9)14/h1-3,7,15-17H,4-6H2,(H,18,19). The summed E-state index contributed by atoms with van der Waals surface area (Å²) in [5.41, 5.74) is -0.301. The van der Waals surface area contributed by atoms with Crippen LogP contribution in [0.25, 0.3) is 11.0 Å². The molecule has 0 aliphatic carbocycles. The molecule has 0 aliphatic rings. The topological polar surface area (TPSA) is 116 Å². The number of aliphatic hydroxyl groups is 3. The number of aromatic carboxylic acids is 1. The third kappa shape index (κ3) is 2.07. The molecule has 0 bridgehead atoms. The maximum Gasteiger partial charge on any atom is 0.335 e. The minimum absolute atomic E-state index is 0.0666. The van der Waals surface area contributed by atoms with Gasteiger partial charge in [-0.3, -0.25) is 0 Å². The van der Waals surface area contributed by atoms with Crippen molar-refractivity contribution in [1.82, 2.24) is 9.55 Å². The van der Waals surface area contributed by atoms with Crippen LogP contribution in [-0.2, 0) is 5.54 Å². The molecular weight excluding hydrogens is 252 g/mol. The van der Waals surface area contributed by atoms with Crippen LogP contribution < -0.4 is 0 Å². The monoisotopic (exact) mass is 266 g/mol. The molecule has 0 atom stereocenters. The molecule has 0 fully saturated rings. The van der Waals surface area contributed by atoms with Crippen LogP contribution in [0.1, 0.15) is 10.4 Å². The highest BCUT2D eigenvalue weighted by molar-refractivity contribution is 5.92. The zero-order valence-electron chi connectivity index (χ0n) is 10.0. The summed E-state index contributed by atoms with van der Waals surface area (Å²) in [7, 11) is 0. The third-order valence-corrected chi connectivity index (χ3v) is 3.19. The Morgan fingerprint density at radius 3 is 2.37 bits per heavy atom. The first kappa shape index (κ1) is 13.5. The summed E-state index contributed by atoms with van der Waals surface area (Å²) in [6.45, 7) is -1.49. The second-order valence-electron chi connectivity index (χ2n) is 4.32. The zero-order chi connectivity index (χ0) is 14.0. The number of aromatic nitrogens is 2. The second kappa shape index (κ2) is 4.96. The Morgan fingerprint density at radius 2 is 1.84 bits per heavy atom. The molecule has 1 aromatic heterocycles. The fourth-order valence-corrected chi connectivity index (χ4v) is 1.90. The number of carboxylic acid groups (broad SMARTS) is 1. The number of hydrogen-bond acceptors (Lipinski definition) is 5. The van der Waals surface area contributed by atoms with E-state index in [1.54, 1.807) is 0 Å². The lowest BCUT2D eigenvalue weighted by atomic mass is 10.0. The van der Waals surface area contributed by atoms with E-state index in [1.807, 2.05) is 0 Å². The number of carbonyl (C=O) groups is 1. The van der Waals surface area contributed by atoms with Gasteiger partial charge in [0.2, 0.25) is 0 Å². The molecule has 0 unspecified atom stereocenters. The van der Waals surface area contributed by atoms with Crippen molar-refractivity contribution in [2.45, 2.75) is 5.54 Å². The van der Waals surface area contributed by atoms with Gasteiger partial charge in [-0.05, 0) is 18.2 Å². The summed E-state index contributed by atoms with van der Waals surface area (Å²) in [5, 5.41) is 37.2. The smallest absolute Gasteiger partial charge is 0.335 e. The molecule has 2 aromatic rings. The van der Waals surface area contributed by atoms with Crippen molar-refractivity contribution in [1.29, 1.82) is 0 Å². The fourth-order valence-electron chi connectivity index (χ4n) is 1.90. The van der Waals surface area contributed by atoms with Crippen LogP contribution in [0.15, 0.2) is 24.5 Å². The van der Waals surface area contributed by atoms with Crippen molar-refractivity contribution in [2.24, 2.45) is 0 Å². The predicted octanol–water partition coefficient (Wildman–Crippen LogP) is -0.593. The maximum absolute atomic E-state index is 11.0. The normalized spacial score (nSPS) is 11.9. The van der Waals surface area contributed by atoms with Gasteiger partial charge in [-0.25, -0.2) is 9.78 Å². The molecular formula is C12H14N2O5. The number of aliphatic hydroxyl groups excluding tert-OH is 3. The first-order valence-corrected chi connectivity index (χ1v) is 5.61. The molecule has 0 saturated heterocycles. The molecule has 1 aromatic carbocycles. The van der Waals surface area contributed by atoms with Gasteiger partial charge in [0.05, 0.1) is 42.7 Å². The lowest BCUT2D eigenvalue weighted by molar-refractivity contribution is 0.0179. The van der Waals surface area contributed by atoms with Crippen molar-refractivity contribution < 1.29 is 25.2 Å². The summed E-state index contributed by atoms with van der Waals surface area (Å²) in [5.74, 6) is -1.09. The summed E-state index contributed by atoms with van der Waals surface area (Å²) < 4.78 is 1.40. The summed E-state index contributed by atoms with van der Waals surface area (Å²) in [6, 6.07) is 4.34. The number of rotatable bonds is 5. The van der Waals surface area contributed by atoms with Gasteiger partial charge in [-0.2, -0.15) is 0 Å². The van der Waals surface area contributed by atoms with Crippen LogP contribution in [0.2, 0.25) is 0 Å². The van der Waals surface area contributed by atoms with Gasteiger partial charge >= 0.3 is 5.97 Å². The molecule has 19 heavy (non-hydrogen) atoms. The Morgan fingerprint density at radius 1 is 1.21 bits per heavy atom. The van der Waals surface area contributed by atoms with Gasteiger partial charge < -0.3 is 25.0 Å². The van der Waals surface area contributed by atoms with Gasteiger partial charge in [0, 0.05) is 0 Å². The molecule has 7 nitrogen and oxygen atoms in total. The Kier molecular flexibility index (Phi) is 3.52. The number of benzene rings is 1. The minimum Gasteiger partial charge on any atom is -0.478 e. The van der Waals surface area contributed by atoms with Crippen molar-refractivity contribution in [3.05, 3.63) is 30.1 Å². The van der Waals surface area contributed by atoms with Crippen LogP contribution >= 0.6 is 0 Å². The highest BCUT2D eigenvalue weighted by Crippen LogP contribution is 2.23. The summed E-state index contributed by atoms with van der Waals surface area (Å²) in [4.78, 5) is 15.0. The first-order chi connectivity index (χ1) is 9.07. The molecule has 0 saturated carbocycles. The average Bonchev–Trinajstić information content (AvgIpc) is 2.85. The molecule has 2 rings (SSSR count). The highest BCUT2D eigenvalue weighted by Gasteiger charge is 2.31. The van der Waals surface area contributed by atoms with E-state index in [-0.39, 0.29) is 5.56 Å². The van der Waals surface area contributed by atoms with Crippen molar-refractivity contribution in [2.75, 3.05) is 19.8 Å². The van der Waals surface area contributed by atoms with Crippen molar-refractivity contribution >= 4 is 17.0 Å². The zero-order valence-corrected chi connectivity index (χ0v) is 10.0. The lowest BCUT2D eigenvalue weighted by Gasteiger charge is -2.29. The molecule has 0 amide bonds. The van der Waals surface area contributed by atoms with E-state index in [0.29, 0.717) is 11.0 Å². The molecule has 1 heterocycles. The van der Waals surface area contributed by atoms with E-state index < -0.39 is 31.3 Å². The average molecular weight is 266 g/mol. The van der Waals surface area contributed by atoms with E-state index in [0.717, 1.165) is 0 Å². The summed E-state index contributed by atoms with van der Waals surface area (Å²) >= 11 is 0. The Bertz CT molecular complexity index is 595. The number of carboxylic acids is 1. The molecule has 4 N–H and O–H groups in total. The Labute approximate surface area is 108 Å². The van der Waals surface area contributed by atoms with E-state index in [2.05, 4.69) is 4.98 Å². The van der Waals surface area contributed by atoms with Crippen LogP contribution in [0, 0.1) is 0 Å². The van der Waals surface area contributed by atoms with E-state index in [9.17, 15) is 20.1 Å². The van der Waals surface area contributed by atoms with Crippen LogP contribution in [-0.4, -0.2) is 55.8 Å². The quantitative estimate of drug-likeness (QED) is 0.574. The van der Waals surface area contributed by atoms with Gasteiger partial charge in [-0.1, -0.05) is 0 Å². The van der Waals surface area contributed by atoms with Gasteiger partial charge in [0.15, 0.2) is 0 Å². The van der Waals surface area contributed by atoms with Gasteiger partial charge in [0.1, 0.15) is 5.54 Å². The van der Waals surface area contributed by atoms with E-state index in [4.69, 9.17) is 5.11 Å². The van der Waals surface area contributed by atoms with Crippen LogP contribution in [0.3, 0.4) is 0 Å². The van der Waals surface area contributed by atoms with Crippen LogP contribution in [0.5, 0.6) is 0 Å². The first-order valence-electron chi connectivity index (χ1n) is 5.61. The Hall–Kier alpha value is -1.96. The second-order valence-corrected chi connectivity index (χ2v) is 4.32. The fraction of sp³-hybridized carbons (Fsp3) is 0.333. The number of imidazole rings is 1. The molecule has 0 aliphatic heterocycles. The summed E-state index contributed by atoms with van der Waals surface area (Å²) in [6.07, 6.45) is 1.36.